The van der Waals surface area contributed by atoms with Crippen molar-refractivity contribution in [2.24, 2.45) is 0 Å². The maximum absolute atomic E-state index is 13.2. The van der Waals surface area contributed by atoms with Gasteiger partial charge in [0.15, 0.2) is 6.20 Å². The second-order valence-electron chi connectivity index (χ2n) is 10.0. The third kappa shape index (κ3) is 8.34. The van der Waals surface area contributed by atoms with Crippen LogP contribution >= 0.6 is 0 Å². The van der Waals surface area contributed by atoms with Crippen molar-refractivity contribution < 1.29 is 42.8 Å². The average molecular weight is 596 g/mol. The number of nitrogens with zero attached hydrogens (tertiary/aromatic N) is 2. The van der Waals surface area contributed by atoms with Crippen LogP contribution in [-0.4, -0.2) is 44.2 Å². The van der Waals surface area contributed by atoms with E-state index in [1.54, 1.807) is 12.1 Å². The summed E-state index contributed by atoms with van der Waals surface area (Å²) in [7, 11) is 0. The number of hydrogen-bond acceptors (Lipinski definition) is 5. The number of amides is 1. The van der Waals surface area contributed by atoms with E-state index in [2.05, 4.69) is 16.4 Å². The first-order valence-corrected chi connectivity index (χ1v) is 13.7. The lowest BCUT2D eigenvalue weighted by molar-refractivity contribution is -0.395. The number of benzene rings is 2. The number of halogens is 3. The molecule has 2 heterocycles. The van der Waals surface area contributed by atoms with E-state index < -0.39 is 18.1 Å². The Morgan fingerprint density at radius 2 is 1.70 bits per heavy atom. The second kappa shape index (κ2) is 13.9. The van der Waals surface area contributed by atoms with E-state index in [1.165, 1.54) is 5.56 Å². The number of pyridine rings is 1. The summed E-state index contributed by atoms with van der Waals surface area (Å²) in [6.45, 7) is 0. The molecule has 9 nitrogen and oxygen atoms in total. The van der Waals surface area contributed by atoms with Gasteiger partial charge >= 0.3 is 18.1 Å². The van der Waals surface area contributed by atoms with Crippen LogP contribution < -0.4 is 10.3 Å². The molecule has 0 spiro atoms. The normalized spacial score (nSPS) is 14.3. The molecule has 43 heavy (non-hydrogen) atoms. The van der Waals surface area contributed by atoms with Crippen LogP contribution in [0.25, 0.3) is 22.3 Å². The van der Waals surface area contributed by atoms with Gasteiger partial charge < -0.3 is 15.5 Å². The van der Waals surface area contributed by atoms with Crippen molar-refractivity contribution in [1.29, 1.82) is 0 Å². The number of unbranched alkanes of at least 4 members (excludes halogenated alkanes) is 1. The van der Waals surface area contributed by atoms with Crippen LogP contribution in [0.2, 0.25) is 0 Å². The Morgan fingerprint density at radius 3 is 2.40 bits per heavy atom. The van der Waals surface area contributed by atoms with Gasteiger partial charge in [0.1, 0.15) is 6.04 Å². The second-order valence-corrected chi connectivity index (χ2v) is 10.0. The Hall–Kier alpha value is -4.87. The monoisotopic (exact) mass is 595 g/mol. The summed E-state index contributed by atoms with van der Waals surface area (Å²) in [4.78, 5) is 46.1. The number of alkyl halides is 3. The highest BCUT2D eigenvalue weighted by Gasteiger charge is 2.38. The minimum atomic E-state index is -5.08. The molecule has 4 aromatic rings. The van der Waals surface area contributed by atoms with Crippen molar-refractivity contribution in [1.82, 2.24) is 15.3 Å². The molecule has 12 heteroatoms. The van der Waals surface area contributed by atoms with E-state index >= 15 is 0 Å². The SMILES string of the molecule is O=C(O)C(F)(F)F.O=C(O)CCCCc1nc2cc(C(=O)N[C@H]3CCCc4ccc[nH+]c43)ccc2nc1-c1ccccc1. The fraction of sp³-hybridized carbons (Fsp3) is 0.290. The average Bonchev–Trinajstić information content (AvgIpc) is 2.99. The molecule has 1 aliphatic carbocycles. The molecule has 0 radical (unpaired) electrons. The number of aliphatic carboxylic acids is 2. The Kier molecular flexibility index (Phi) is 10.0. The number of aryl methyl sites for hydroxylation is 2. The van der Waals surface area contributed by atoms with Gasteiger partial charge in [0.05, 0.1) is 22.4 Å². The number of carbonyl (C=O) groups excluding carboxylic acids is 1. The van der Waals surface area contributed by atoms with Crippen LogP contribution in [0, 0.1) is 0 Å². The lowest BCUT2D eigenvalue weighted by Gasteiger charge is -2.21. The highest BCUT2D eigenvalue weighted by Crippen LogP contribution is 2.28. The van der Waals surface area contributed by atoms with Gasteiger partial charge in [0, 0.05) is 29.2 Å². The summed E-state index contributed by atoms with van der Waals surface area (Å²) >= 11 is 0. The number of hydrogen-bond donors (Lipinski definition) is 3. The number of aromatic nitrogens is 3. The molecule has 1 atom stereocenters. The fourth-order valence-electron chi connectivity index (χ4n) is 4.86. The third-order valence-corrected chi connectivity index (χ3v) is 6.91. The molecule has 2 aromatic carbocycles. The molecule has 0 bridgehead atoms. The van der Waals surface area contributed by atoms with Gasteiger partial charge in [-0.25, -0.2) is 19.7 Å². The van der Waals surface area contributed by atoms with Gasteiger partial charge in [-0.3, -0.25) is 9.59 Å². The van der Waals surface area contributed by atoms with Gasteiger partial charge in [0.25, 0.3) is 5.91 Å². The van der Waals surface area contributed by atoms with Gasteiger partial charge in [-0.2, -0.15) is 13.2 Å². The number of H-pyrrole nitrogens is 1. The summed E-state index contributed by atoms with van der Waals surface area (Å²) in [6.07, 6.45) is 1.79. The maximum atomic E-state index is 13.2. The zero-order valence-corrected chi connectivity index (χ0v) is 23.0. The van der Waals surface area contributed by atoms with Crippen LogP contribution in [-0.2, 0) is 22.4 Å². The van der Waals surface area contributed by atoms with Crippen LogP contribution in [0.3, 0.4) is 0 Å². The standard InChI is InChI=1S/C29H28N4O3.C2HF3O2/c34-26(35)14-5-4-12-24-28(20-8-2-1-3-9-20)32-22-16-15-21(18-25(22)31-24)29(36)33-23-13-6-10-19-11-7-17-30-27(19)23;3-2(4,5)1(6)7/h1-3,7-9,11,15-18,23H,4-6,10,12-14H2,(H,33,36)(H,34,35);(H,6,7)/p+1/t23-;/m0./s1. The lowest BCUT2D eigenvalue weighted by Crippen LogP contribution is -2.35. The zero-order valence-electron chi connectivity index (χ0n) is 23.0. The molecule has 5 rings (SSSR count). The molecule has 1 aliphatic rings. The van der Waals surface area contributed by atoms with Crippen molar-refractivity contribution >= 4 is 28.9 Å². The van der Waals surface area contributed by atoms with E-state index in [0.29, 0.717) is 30.3 Å². The number of nitrogens with one attached hydrogen (secondary N) is 2. The summed E-state index contributed by atoms with van der Waals surface area (Å²) < 4.78 is 31.7. The van der Waals surface area contributed by atoms with E-state index in [1.807, 2.05) is 48.7 Å². The van der Waals surface area contributed by atoms with Crippen LogP contribution in [0.4, 0.5) is 13.2 Å². The van der Waals surface area contributed by atoms with Gasteiger partial charge in [0.2, 0.25) is 5.69 Å². The van der Waals surface area contributed by atoms with Crippen molar-refractivity contribution in [3.8, 4) is 11.3 Å². The molecule has 2 aromatic heterocycles. The summed E-state index contributed by atoms with van der Waals surface area (Å²) in [5.41, 5.74) is 6.83. The molecule has 0 fully saturated rings. The molecule has 4 N–H and O–H groups in total. The van der Waals surface area contributed by atoms with Gasteiger partial charge in [-0.05, 0) is 62.8 Å². The van der Waals surface area contributed by atoms with E-state index in [9.17, 15) is 22.8 Å². The molecular formula is C31H30F3N4O5+. The summed E-state index contributed by atoms with van der Waals surface area (Å²) in [5, 5.41) is 19.3. The van der Waals surface area contributed by atoms with Gasteiger partial charge in [-0.15, -0.1) is 0 Å². The Bertz CT molecular complexity index is 1610. The molecule has 0 saturated carbocycles. The van der Waals surface area contributed by atoms with Crippen LogP contribution in [0.15, 0.2) is 66.9 Å². The van der Waals surface area contributed by atoms with E-state index in [4.69, 9.17) is 25.0 Å². The quantitative estimate of drug-likeness (QED) is 0.233. The molecule has 0 aliphatic heterocycles. The van der Waals surface area contributed by atoms with E-state index in [-0.39, 0.29) is 18.4 Å². The van der Waals surface area contributed by atoms with Crippen molar-refractivity contribution in [3.05, 3.63) is 89.4 Å². The molecular weight excluding hydrogens is 565 g/mol. The first-order chi connectivity index (χ1) is 20.5. The fourth-order valence-corrected chi connectivity index (χ4v) is 4.86. The number of carboxylic acids is 2. The Balaban J connectivity index is 0.000000541. The maximum Gasteiger partial charge on any atom is 0.490 e. The summed E-state index contributed by atoms with van der Waals surface area (Å²) in [5.74, 6) is -3.69. The topological polar surface area (TPSA) is 144 Å². The number of rotatable bonds is 8. The molecule has 224 valence electrons. The van der Waals surface area contributed by atoms with Gasteiger partial charge in [-0.1, -0.05) is 30.3 Å². The first-order valence-electron chi connectivity index (χ1n) is 13.7. The number of aromatic amines is 1. The number of fused-ring (bicyclic) bond motifs is 2. The third-order valence-electron chi connectivity index (χ3n) is 6.91. The molecule has 1 amide bonds. The lowest BCUT2D eigenvalue weighted by atomic mass is 9.91. The van der Waals surface area contributed by atoms with E-state index in [0.717, 1.165) is 47.4 Å². The molecule has 0 unspecified atom stereocenters. The smallest absolute Gasteiger partial charge is 0.481 e. The highest BCUT2D eigenvalue weighted by atomic mass is 19.4. The highest BCUT2D eigenvalue weighted by molar-refractivity contribution is 5.97. The summed E-state index contributed by atoms with van der Waals surface area (Å²) in [6, 6.07) is 19.4. The zero-order chi connectivity index (χ0) is 31.0. The molecule has 0 saturated heterocycles. The predicted octanol–water partition coefficient (Wildman–Crippen LogP) is 5.35. The largest absolute Gasteiger partial charge is 0.490 e. The van der Waals surface area contributed by atoms with Crippen molar-refractivity contribution in [3.63, 3.8) is 0 Å². The number of carbonyl (C=O) groups is 3. The van der Waals surface area contributed by atoms with Crippen LogP contribution in [0.1, 0.15) is 65.5 Å². The Labute approximate surface area is 244 Å². The minimum Gasteiger partial charge on any atom is -0.481 e. The predicted molar refractivity (Wildman–Crippen MR) is 150 cm³/mol. The van der Waals surface area contributed by atoms with Crippen LogP contribution in [0.5, 0.6) is 0 Å². The first kappa shape index (κ1) is 31.1. The Morgan fingerprint density at radius 1 is 0.953 bits per heavy atom. The number of carboxylic acid groups (broad SMARTS) is 2. The van der Waals surface area contributed by atoms with Crippen molar-refractivity contribution in [2.45, 2.75) is 57.2 Å². The van der Waals surface area contributed by atoms with Crippen molar-refractivity contribution in [2.75, 3.05) is 0 Å². The minimum absolute atomic E-state index is 0.0468.